The molecule has 0 spiro atoms. The van der Waals surface area contributed by atoms with Gasteiger partial charge in [0.2, 0.25) is 0 Å². The highest BCUT2D eigenvalue weighted by Gasteiger charge is 2.03. The molecule has 0 saturated carbocycles. The zero-order valence-corrected chi connectivity index (χ0v) is 8.40. The third kappa shape index (κ3) is 1.33. The molecule has 0 radical (unpaired) electrons. The number of anilines is 1. The van der Waals surface area contributed by atoms with Crippen LogP contribution in [0, 0.1) is 4.77 Å². The van der Waals surface area contributed by atoms with Gasteiger partial charge < -0.3 is 14.9 Å². The van der Waals surface area contributed by atoms with Gasteiger partial charge in [0.15, 0.2) is 4.77 Å². The van der Waals surface area contributed by atoms with Gasteiger partial charge in [-0.3, -0.25) is 0 Å². The molecule has 3 nitrogen and oxygen atoms in total. The number of nitrogens with zero attached hydrogens (tertiary/aromatic N) is 1. The van der Waals surface area contributed by atoms with Crippen LogP contribution >= 0.6 is 12.2 Å². The van der Waals surface area contributed by atoms with E-state index in [9.17, 15) is 0 Å². The van der Waals surface area contributed by atoms with Crippen molar-refractivity contribution in [1.82, 2.24) is 9.97 Å². The van der Waals surface area contributed by atoms with Crippen LogP contribution in [0.2, 0.25) is 0 Å². The van der Waals surface area contributed by atoms with Gasteiger partial charge in [-0.15, -0.1) is 0 Å². The molecule has 0 saturated heterocycles. The number of fused-ring (bicyclic) bond motifs is 1. The number of hydrogen-bond donors (Lipinski definition) is 2. The predicted octanol–water partition coefficient (Wildman–Crippen LogP) is 2.29. The molecular formula is C9H11N3S. The van der Waals surface area contributed by atoms with Crippen LogP contribution in [0.3, 0.4) is 0 Å². The van der Waals surface area contributed by atoms with Crippen molar-refractivity contribution >= 4 is 28.9 Å². The molecule has 0 fully saturated rings. The number of aromatic amines is 2. The maximum absolute atomic E-state index is 5.03. The quantitative estimate of drug-likeness (QED) is 0.681. The summed E-state index contributed by atoms with van der Waals surface area (Å²) in [5.41, 5.74) is 3.26. The fourth-order valence-corrected chi connectivity index (χ4v) is 1.63. The summed E-state index contributed by atoms with van der Waals surface area (Å²) in [5.74, 6) is 0. The SMILES string of the molecule is CN(C)c1cccc2[nH]c(=S)[nH]c12. The number of para-hydroxylation sites is 1. The Morgan fingerprint density at radius 2 is 2.00 bits per heavy atom. The van der Waals surface area contributed by atoms with Crippen LogP contribution in [0.1, 0.15) is 0 Å². The lowest BCUT2D eigenvalue weighted by Crippen LogP contribution is -2.08. The first kappa shape index (κ1) is 8.31. The zero-order chi connectivity index (χ0) is 9.42. The van der Waals surface area contributed by atoms with Crippen molar-refractivity contribution in [2.45, 2.75) is 0 Å². The Morgan fingerprint density at radius 1 is 1.23 bits per heavy atom. The van der Waals surface area contributed by atoms with E-state index >= 15 is 0 Å². The third-order valence-corrected chi connectivity index (χ3v) is 2.22. The van der Waals surface area contributed by atoms with Crippen molar-refractivity contribution in [1.29, 1.82) is 0 Å². The van der Waals surface area contributed by atoms with Gasteiger partial charge in [0.05, 0.1) is 16.7 Å². The van der Waals surface area contributed by atoms with Crippen molar-refractivity contribution in [3.63, 3.8) is 0 Å². The Hall–Kier alpha value is -1.29. The first-order valence-corrected chi connectivity index (χ1v) is 4.47. The van der Waals surface area contributed by atoms with Crippen molar-refractivity contribution in [3.8, 4) is 0 Å². The number of nitrogens with one attached hydrogen (secondary N) is 2. The lowest BCUT2D eigenvalue weighted by atomic mass is 10.2. The summed E-state index contributed by atoms with van der Waals surface area (Å²) in [6.45, 7) is 0. The number of imidazole rings is 1. The van der Waals surface area contributed by atoms with E-state index in [0.717, 1.165) is 16.7 Å². The van der Waals surface area contributed by atoms with Crippen molar-refractivity contribution in [3.05, 3.63) is 23.0 Å². The second-order valence-electron chi connectivity index (χ2n) is 3.17. The van der Waals surface area contributed by atoms with Crippen LogP contribution in [0.5, 0.6) is 0 Å². The van der Waals surface area contributed by atoms with E-state index in [4.69, 9.17) is 12.2 Å². The van der Waals surface area contributed by atoms with Gasteiger partial charge in [-0.05, 0) is 24.4 Å². The molecule has 1 aromatic carbocycles. The minimum absolute atomic E-state index is 0.671. The third-order valence-electron chi connectivity index (χ3n) is 2.01. The fraction of sp³-hybridized carbons (Fsp3) is 0.222. The van der Waals surface area contributed by atoms with Crippen LogP contribution in [-0.2, 0) is 0 Å². The van der Waals surface area contributed by atoms with Crippen LogP contribution in [0.4, 0.5) is 5.69 Å². The lowest BCUT2D eigenvalue weighted by molar-refractivity contribution is 1.14. The molecular weight excluding hydrogens is 182 g/mol. The standard InChI is InChI=1S/C9H11N3S/c1-12(2)7-5-3-4-6-8(7)11-9(13)10-6/h3-5H,1-2H3,(H2,10,11,13). The molecule has 13 heavy (non-hydrogen) atoms. The number of aromatic nitrogens is 2. The number of hydrogen-bond acceptors (Lipinski definition) is 2. The molecule has 4 heteroatoms. The van der Waals surface area contributed by atoms with Gasteiger partial charge in [0.25, 0.3) is 0 Å². The van der Waals surface area contributed by atoms with Crippen LogP contribution in [0.25, 0.3) is 11.0 Å². The normalized spacial score (nSPS) is 10.6. The number of benzene rings is 1. The second kappa shape index (κ2) is 2.88. The minimum atomic E-state index is 0.671. The smallest absolute Gasteiger partial charge is 0.175 e. The van der Waals surface area contributed by atoms with Gasteiger partial charge in [-0.25, -0.2) is 0 Å². The highest BCUT2D eigenvalue weighted by molar-refractivity contribution is 7.71. The molecule has 0 aliphatic rings. The molecule has 2 rings (SSSR count). The predicted molar refractivity (Wildman–Crippen MR) is 57.8 cm³/mol. The monoisotopic (exact) mass is 193 g/mol. The molecule has 1 heterocycles. The van der Waals surface area contributed by atoms with Gasteiger partial charge in [0, 0.05) is 14.1 Å². The van der Waals surface area contributed by atoms with E-state index in [-0.39, 0.29) is 0 Å². The number of H-pyrrole nitrogens is 2. The Bertz CT molecular complexity index is 481. The van der Waals surface area contributed by atoms with Crippen molar-refractivity contribution in [2.75, 3.05) is 19.0 Å². The summed E-state index contributed by atoms with van der Waals surface area (Å²) in [7, 11) is 4.03. The van der Waals surface area contributed by atoms with Crippen LogP contribution in [0.15, 0.2) is 18.2 Å². The van der Waals surface area contributed by atoms with E-state index in [1.54, 1.807) is 0 Å². The first-order chi connectivity index (χ1) is 6.18. The van der Waals surface area contributed by atoms with Crippen molar-refractivity contribution < 1.29 is 0 Å². The summed E-state index contributed by atoms with van der Waals surface area (Å²) in [4.78, 5) is 8.27. The van der Waals surface area contributed by atoms with E-state index in [2.05, 4.69) is 20.9 Å². The maximum atomic E-state index is 5.03. The zero-order valence-electron chi connectivity index (χ0n) is 7.59. The Labute approximate surface area is 81.4 Å². The molecule has 0 amide bonds. The lowest BCUT2D eigenvalue weighted by Gasteiger charge is -2.12. The molecule has 0 aliphatic carbocycles. The van der Waals surface area contributed by atoms with E-state index in [1.807, 2.05) is 26.2 Å². The summed E-state index contributed by atoms with van der Waals surface area (Å²) in [5, 5.41) is 0. The minimum Gasteiger partial charge on any atom is -0.376 e. The largest absolute Gasteiger partial charge is 0.376 e. The fourth-order valence-electron chi connectivity index (χ4n) is 1.42. The van der Waals surface area contributed by atoms with E-state index < -0.39 is 0 Å². The maximum Gasteiger partial charge on any atom is 0.175 e. The molecule has 0 bridgehead atoms. The highest BCUT2D eigenvalue weighted by Crippen LogP contribution is 2.21. The molecule has 2 aromatic rings. The topological polar surface area (TPSA) is 34.8 Å². The first-order valence-electron chi connectivity index (χ1n) is 4.07. The van der Waals surface area contributed by atoms with Gasteiger partial charge >= 0.3 is 0 Å². The number of rotatable bonds is 1. The van der Waals surface area contributed by atoms with Gasteiger partial charge in [-0.2, -0.15) is 0 Å². The Morgan fingerprint density at radius 3 is 2.69 bits per heavy atom. The molecule has 1 aromatic heterocycles. The highest BCUT2D eigenvalue weighted by atomic mass is 32.1. The summed E-state index contributed by atoms with van der Waals surface area (Å²) in [6.07, 6.45) is 0. The van der Waals surface area contributed by atoms with Crippen LogP contribution in [-0.4, -0.2) is 24.1 Å². The summed E-state index contributed by atoms with van der Waals surface area (Å²) < 4.78 is 0.671. The van der Waals surface area contributed by atoms with E-state index in [1.165, 1.54) is 0 Å². The average molecular weight is 193 g/mol. The molecule has 2 N–H and O–H groups in total. The van der Waals surface area contributed by atoms with Gasteiger partial charge in [-0.1, -0.05) is 6.07 Å². The summed E-state index contributed by atoms with van der Waals surface area (Å²) >= 11 is 5.03. The van der Waals surface area contributed by atoms with Gasteiger partial charge in [0.1, 0.15) is 0 Å². The molecule has 0 aliphatic heterocycles. The Balaban J connectivity index is 2.82. The van der Waals surface area contributed by atoms with E-state index in [0.29, 0.717) is 4.77 Å². The summed E-state index contributed by atoms with van der Waals surface area (Å²) in [6, 6.07) is 6.08. The Kier molecular flexibility index (Phi) is 1.84. The molecule has 68 valence electrons. The average Bonchev–Trinajstić information content (AvgIpc) is 2.43. The molecule has 0 unspecified atom stereocenters. The van der Waals surface area contributed by atoms with Crippen molar-refractivity contribution in [2.24, 2.45) is 0 Å². The molecule has 0 atom stereocenters. The second-order valence-corrected chi connectivity index (χ2v) is 3.58. The van der Waals surface area contributed by atoms with Crippen LogP contribution < -0.4 is 4.90 Å².